The highest BCUT2D eigenvalue weighted by atomic mass is 79.9. The van der Waals surface area contributed by atoms with E-state index in [1.165, 1.54) is 0 Å². The molecular weight excluding hydrogens is 329 g/mol. The second-order valence-corrected chi connectivity index (χ2v) is 5.06. The molecule has 1 rings (SSSR count). The molecule has 0 amide bonds. The Kier molecular flexibility index (Phi) is 5.40. The number of nitrogens with two attached hydrogens (primary N) is 1. The molecule has 0 radical (unpaired) electrons. The van der Waals surface area contributed by atoms with Gasteiger partial charge in [-0.05, 0) is 24.6 Å². The van der Waals surface area contributed by atoms with Crippen molar-refractivity contribution in [2.45, 2.75) is 19.0 Å². The van der Waals surface area contributed by atoms with E-state index in [9.17, 15) is 13.2 Å². The number of benzene rings is 1. The van der Waals surface area contributed by atoms with Gasteiger partial charge in [0.1, 0.15) is 4.99 Å². The van der Waals surface area contributed by atoms with Gasteiger partial charge in [0.05, 0.1) is 0 Å². The standard InChI is InChI=1S/C11H12BrF3N2S/c12-7-2-3-8(10(16)18)9(6-7)17-5-1-4-11(13,14)15/h2-3,6,17H,1,4-5H2,(H2,16,18). The predicted molar refractivity (Wildman–Crippen MR) is 73.8 cm³/mol. The number of thiocarbonyl (C=S) groups is 1. The van der Waals surface area contributed by atoms with Gasteiger partial charge < -0.3 is 11.1 Å². The second-order valence-electron chi connectivity index (χ2n) is 3.70. The van der Waals surface area contributed by atoms with Crippen molar-refractivity contribution in [3.8, 4) is 0 Å². The normalized spacial score (nSPS) is 11.3. The molecule has 1 aromatic carbocycles. The molecule has 7 heteroatoms. The first-order valence-electron chi connectivity index (χ1n) is 5.19. The zero-order valence-electron chi connectivity index (χ0n) is 9.35. The molecule has 1 aromatic rings. The Labute approximate surface area is 117 Å². The summed E-state index contributed by atoms with van der Waals surface area (Å²) in [6.07, 6.45) is -4.92. The van der Waals surface area contributed by atoms with Crippen LogP contribution in [0.3, 0.4) is 0 Å². The summed E-state index contributed by atoms with van der Waals surface area (Å²) in [6.45, 7) is 0.214. The number of alkyl halides is 3. The highest BCUT2D eigenvalue weighted by Crippen LogP contribution is 2.23. The lowest BCUT2D eigenvalue weighted by Crippen LogP contribution is -2.15. The van der Waals surface area contributed by atoms with Crippen LogP contribution in [0, 0.1) is 0 Å². The van der Waals surface area contributed by atoms with Gasteiger partial charge >= 0.3 is 6.18 Å². The Balaban J connectivity index is 2.61. The first kappa shape index (κ1) is 15.2. The molecule has 2 nitrogen and oxygen atoms in total. The van der Waals surface area contributed by atoms with Gasteiger partial charge in [0, 0.05) is 28.7 Å². The summed E-state index contributed by atoms with van der Waals surface area (Å²) in [4.78, 5) is 0.209. The average molecular weight is 341 g/mol. The summed E-state index contributed by atoms with van der Waals surface area (Å²) in [5.74, 6) is 0. The molecule has 0 saturated heterocycles. The number of nitrogens with one attached hydrogen (secondary N) is 1. The highest BCUT2D eigenvalue weighted by Gasteiger charge is 2.25. The van der Waals surface area contributed by atoms with Crippen LogP contribution in [0.2, 0.25) is 0 Å². The Morgan fingerprint density at radius 1 is 1.39 bits per heavy atom. The van der Waals surface area contributed by atoms with Crippen LogP contribution >= 0.6 is 28.1 Å². The molecule has 0 aliphatic heterocycles. The Hall–Kier alpha value is -0.820. The molecule has 0 heterocycles. The largest absolute Gasteiger partial charge is 0.389 e. The lowest BCUT2D eigenvalue weighted by Gasteiger charge is -2.12. The Morgan fingerprint density at radius 2 is 2.06 bits per heavy atom. The minimum atomic E-state index is -4.12. The van der Waals surface area contributed by atoms with Crippen LogP contribution < -0.4 is 11.1 Å². The summed E-state index contributed by atoms with van der Waals surface area (Å²) in [7, 11) is 0. The molecule has 0 saturated carbocycles. The first-order chi connectivity index (χ1) is 8.29. The number of rotatable bonds is 5. The number of anilines is 1. The van der Waals surface area contributed by atoms with E-state index < -0.39 is 12.6 Å². The van der Waals surface area contributed by atoms with Crippen LogP contribution in [-0.4, -0.2) is 17.7 Å². The third kappa shape index (κ3) is 5.22. The Morgan fingerprint density at radius 3 is 2.61 bits per heavy atom. The van der Waals surface area contributed by atoms with Crippen molar-refractivity contribution < 1.29 is 13.2 Å². The summed E-state index contributed by atoms with van der Waals surface area (Å²) in [6, 6.07) is 5.23. The second kappa shape index (κ2) is 6.38. The summed E-state index contributed by atoms with van der Waals surface area (Å²) >= 11 is 8.16. The molecule has 0 bridgehead atoms. The molecule has 0 aliphatic rings. The SMILES string of the molecule is NC(=S)c1ccc(Br)cc1NCCCC(F)(F)F. The molecule has 0 aromatic heterocycles. The van der Waals surface area contributed by atoms with Gasteiger partial charge in [-0.3, -0.25) is 0 Å². The van der Waals surface area contributed by atoms with Crippen molar-refractivity contribution in [2.24, 2.45) is 5.73 Å². The maximum Gasteiger partial charge on any atom is 0.389 e. The molecule has 100 valence electrons. The van der Waals surface area contributed by atoms with Crippen molar-refractivity contribution in [3.05, 3.63) is 28.2 Å². The molecule has 0 fully saturated rings. The molecule has 3 N–H and O–H groups in total. The highest BCUT2D eigenvalue weighted by molar-refractivity contribution is 9.10. The van der Waals surface area contributed by atoms with E-state index in [0.29, 0.717) is 11.3 Å². The van der Waals surface area contributed by atoms with Crippen molar-refractivity contribution >= 4 is 38.8 Å². The van der Waals surface area contributed by atoms with E-state index in [1.807, 2.05) is 0 Å². The van der Waals surface area contributed by atoms with Crippen LogP contribution in [0.5, 0.6) is 0 Å². The molecule has 18 heavy (non-hydrogen) atoms. The zero-order valence-corrected chi connectivity index (χ0v) is 11.8. The van der Waals surface area contributed by atoms with Crippen LogP contribution in [0.25, 0.3) is 0 Å². The molecule has 0 aliphatic carbocycles. The lowest BCUT2D eigenvalue weighted by molar-refractivity contribution is -0.134. The first-order valence-corrected chi connectivity index (χ1v) is 6.40. The quantitative estimate of drug-likeness (QED) is 0.631. The fourth-order valence-electron chi connectivity index (χ4n) is 1.39. The number of hydrogen-bond acceptors (Lipinski definition) is 2. The van der Waals surface area contributed by atoms with Gasteiger partial charge in [0.2, 0.25) is 0 Å². The van der Waals surface area contributed by atoms with Gasteiger partial charge in [-0.2, -0.15) is 13.2 Å². The average Bonchev–Trinajstić information content (AvgIpc) is 2.22. The third-order valence-electron chi connectivity index (χ3n) is 2.20. The number of hydrogen-bond donors (Lipinski definition) is 2. The van der Waals surface area contributed by atoms with E-state index >= 15 is 0 Å². The molecular formula is C11H12BrF3N2S. The third-order valence-corrected chi connectivity index (χ3v) is 2.91. The van der Waals surface area contributed by atoms with Gasteiger partial charge in [0.15, 0.2) is 0 Å². The maximum absolute atomic E-state index is 12.0. The van der Waals surface area contributed by atoms with E-state index in [4.69, 9.17) is 18.0 Å². The minimum absolute atomic E-state index is 0.00673. The van der Waals surface area contributed by atoms with E-state index in [-0.39, 0.29) is 18.0 Å². The monoisotopic (exact) mass is 340 g/mol. The van der Waals surface area contributed by atoms with Gasteiger partial charge in [-0.1, -0.05) is 28.1 Å². The van der Waals surface area contributed by atoms with Crippen LogP contribution in [0.4, 0.5) is 18.9 Å². The zero-order chi connectivity index (χ0) is 13.8. The summed E-state index contributed by atoms with van der Waals surface area (Å²) in [5, 5.41) is 2.91. The van der Waals surface area contributed by atoms with Crippen molar-refractivity contribution in [2.75, 3.05) is 11.9 Å². The van der Waals surface area contributed by atoms with Crippen molar-refractivity contribution in [1.82, 2.24) is 0 Å². The lowest BCUT2D eigenvalue weighted by atomic mass is 10.1. The van der Waals surface area contributed by atoms with E-state index in [0.717, 1.165) is 4.47 Å². The maximum atomic E-state index is 12.0. The van der Waals surface area contributed by atoms with Gasteiger partial charge in [-0.25, -0.2) is 0 Å². The van der Waals surface area contributed by atoms with E-state index in [2.05, 4.69) is 21.2 Å². The predicted octanol–water partition coefficient (Wildman–Crippen LogP) is 3.84. The smallest absolute Gasteiger partial charge is 0.389 e. The fraction of sp³-hybridized carbons (Fsp3) is 0.364. The topological polar surface area (TPSA) is 38.0 Å². The van der Waals surface area contributed by atoms with Crippen molar-refractivity contribution in [3.63, 3.8) is 0 Å². The van der Waals surface area contributed by atoms with Gasteiger partial charge in [-0.15, -0.1) is 0 Å². The van der Waals surface area contributed by atoms with Crippen LogP contribution in [0.1, 0.15) is 18.4 Å². The van der Waals surface area contributed by atoms with Gasteiger partial charge in [0.25, 0.3) is 0 Å². The number of halogens is 4. The van der Waals surface area contributed by atoms with Crippen LogP contribution in [0.15, 0.2) is 22.7 Å². The Bertz CT molecular complexity index is 435. The summed E-state index contributed by atoms with van der Waals surface area (Å²) < 4.78 is 36.7. The van der Waals surface area contributed by atoms with Crippen molar-refractivity contribution in [1.29, 1.82) is 0 Å². The minimum Gasteiger partial charge on any atom is -0.389 e. The molecule has 0 spiro atoms. The molecule has 0 unspecified atom stereocenters. The fourth-order valence-corrected chi connectivity index (χ4v) is 1.93. The van der Waals surface area contributed by atoms with E-state index in [1.54, 1.807) is 18.2 Å². The van der Waals surface area contributed by atoms with Crippen LogP contribution in [-0.2, 0) is 0 Å². The molecule has 0 atom stereocenters. The summed E-state index contributed by atoms with van der Waals surface area (Å²) in [5.41, 5.74) is 6.80.